The van der Waals surface area contributed by atoms with Gasteiger partial charge in [0.25, 0.3) is 0 Å². The van der Waals surface area contributed by atoms with Crippen LogP contribution in [0, 0.1) is 26.6 Å². The van der Waals surface area contributed by atoms with Crippen molar-refractivity contribution < 1.29 is 4.39 Å². The van der Waals surface area contributed by atoms with Crippen molar-refractivity contribution in [1.29, 1.82) is 0 Å². The highest BCUT2D eigenvalue weighted by molar-refractivity contribution is 5.75. The lowest BCUT2D eigenvalue weighted by atomic mass is 10.2. The predicted molar refractivity (Wildman–Crippen MR) is 97.3 cm³/mol. The Kier molecular flexibility index (Phi) is 3.37. The molecule has 0 bridgehead atoms. The van der Waals surface area contributed by atoms with Crippen LogP contribution in [0.1, 0.15) is 47.2 Å². The van der Waals surface area contributed by atoms with Gasteiger partial charge in [-0.25, -0.2) is 24.3 Å². The van der Waals surface area contributed by atoms with Gasteiger partial charge in [-0.2, -0.15) is 4.68 Å². The van der Waals surface area contributed by atoms with Crippen LogP contribution in [0.2, 0.25) is 0 Å². The second-order valence-corrected chi connectivity index (χ2v) is 7.05. The van der Waals surface area contributed by atoms with Crippen molar-refractivity contribution in [2.75, 3.05) is 0 Å². The molecule has 1 fully saturated rings. The zero-order valence-electron chi connectivity index (χ0n) is 15.2. The summed E-state index contributed by atoms with van der Waals surface area (Å²) in [4.78, 5) is 21.4. The normalized spacial score (nSPS) is 19.0. The fraction of sp³-hybridized carbons (Fsp3) is 0.316. The first-order valence-electron chi connectivity index (χ1n) is 8.89. The molecule has 1 aromatic carbocycles. The topological polar surface area (TPSA) is 85.2 Å². The predicted octanol–water partition coefficient (Wildman–Crippen LogP) is 3.27. The summed E-state index contributed by atoms with van der Waals surface area (Å²) < 4.78 is 15.2. The number of aromatic amines is 1. The van der Waals surface area contributed by atoms with Crippen LogP contribution in [0.25, 0.3) is 16.9 Å². The number of nitrogens with zero attached hydrogens (tertiary/aromatic N) is 6. The fourth-order valence-corrected chi connectivity index (χ4v) is 3.61. The molecule has 2 atom stereocenters. The summed E-state index contributed by atoms with van der Waals surface area (Å²) in [5, 5.41) is 4.42. The number of aryl methyl sites for hydroxylation is 3. The van der Waals surface area contributed by atoms with E-state index in [1.54, 1.807) is 10.7 Å². The Morgan fingerprint density at radius 2 is 1.85 bits per heavy atom. The minimum absolute atomic E-state index is 0.251. The van der Waals surface area contributed by atoms with Gasteiger partial charge < -0.3 is 4.98 Å². The third-order valence-corrected chi connectivity index (χ3v) is 4.92. The Bertz CT molecular complexity index is 1180. The molecule has 27 heavy (non-hydrogen) atoms. The van der Waals surface area contributed by atoms with Crippen LogP contribution in [0.5, 0.6) is 0 Å². The number of imidazole rings is 1. The van der Waals surface area contributed by atoms with E-state index in [0.717, 1.165) is 40.6 Å². The van der Waals surface area contributed by atoms with Crippen LogP contribution in [0.4, 0.5) is 4.39 Å². The number of nitrogens with one attached hydrogen (secondary N) is 1. The maximum atomic E-state index is 13.4. The van der Waals surface area contributed by atoms with Gasteiger partial charge in [-0.15, -0.1) is 5.10 Å². The van der Waals surface area contributed by atoms with E-state index in [2.05, 4.69) is 30.0 Å². The fourth-order valence-electron chi connectivity index (χ4n) is 3.61. The molecule has 0 spiro atoms. The first-order chi connectivity index (χ1) is 13.0. The molecule has 0 radical (unpaired) electrons. The largest absolute Gasteiger partial charge is 0.342 e. The quantitative estimate of drug-likeness (QED) is 0.604. The van der Waals surface area contributed by atoms with E-state index < -0.39 is 0 Å². The highest BCUT2D eigenvalue weighted by Gasteiger charge is 2.43. The average Bonchev–Trinajstić information content (AvgIpc) is 3.20. The number of aromatic nitrogens is 7. The number of benzene rings is 1. The monoisotopic (exact) mass is 363 g/mol. The molecule has 136 valence electrons. The van der Waals surface area contributed by atoms with Gasteiger partial charge in [-0.05, 0) is 45.4 Å². The summed E-state index contributed by atoms with van der Waals surface area (Å²) in [6.45, 7) is 5.65. The molecule has 1 N–H and O–H groups in total. The Hall–Kier alpha value is -3.16. The molecule has 0 amide bonds. The van der Waals surface area contributed by atoms with E-state index in [1.165, 1.54) is 12.1 Å². The highest BCUT2D eigenvalue weighted by Crippen LogP contribution is 2.53. The van der Waals surface area contributed by atoms with Gasteiger partial charge in [-0.3, -0.25) is 0 Å². The summed E-state index contributed by atoms with van der Waals surface area (Å²) in [6, 6.07) is 6.58. The molecule has 4 aromatic rings. The summed E-state index contributed by atoms with van der Waals surface area (Å²) in [7, 11) is 0. The molecule has 5 rings (SSSR count). The zero-order valence-corrected chi connectivity index (χ0v) is 15.2. The van der Waals surface area contributed by atoms with Crippen molar-refractivity contribution in [1.82, 2.24) is 34.7 Å². The number of fused-ring (bicyclic) bond motifs is 1. The number of rotatable bonds is 3. The van der Waals surface area contributed by atoms with Crippen LogP contribution >= 0.6 is 0 Å². The van der Waals surface area contributed by atoms with Crippen molar-refractivity contribution in [2.45, 2.75) is 39.0 Å². The maximum Gasteiger partial charge on any atom is 0.159 e. The molecular weight excluding hydrogens is 345 g/mol. The molecule has 1 aliphatic carbocycles. The minimum atomic E-state index is -0.264. The van der Waals surface area contributed by atoms with E-state index >= 15 is 0 Å². The lowest BCUT2D eigenvalue weighted by molar-refractivity contribution is 0.629. The summed E-state index contributed by atoms with van der Waals surface area (Å²) in [6.07, 6.45) is 0.952. The molecule has 1 aliphatic rings. The third-order valence-electron chi connectivity index (χ3n) is 4.92. The molecule has 0 unspecified atom stereocenters. The molecule has 1 saturated carbocycles. The van der Waals surface area contributed by atoms with Crippen molar-refractivity contribution in [3.63, 3.8) is 0 Å². The lowest BCUT2D eigenvalue weighted by Gasteiger charge is -2.06. The number of H-pyrrole nitrogens is 1. The van der Waals surface area contributed by atoms with E-state index in [0.29, 0.717) is 11.6 Å². The smallest absolute Gasteiger partial charge is 0.159 e. The van der Waals surface area contributed by atoms with Crippen molar-refractivity contribution in [2.24, 2.45) is 0 Å². The van der Waals surface area contributed by atoms with Crippen LogP contribution in [-0.4, -0.2) is 34.7 Å². The number of hydrogen-bond acceptors (Lipinski definition) is 5. The molecule has 7 nitrogen and oxygen atoms in total. The summed E-state index contributed by atoms with van der Waals surface area (Å²) in [5.74, 6) is 4.07. The summed E-state index contributed by atoms with van der Waals surface area (Å²) >= 11 is 0. The molecule has 0 aliphatic heterocycles. The number of halogens is 1. The minimum Gasteiger partial charge on any atom is -0.342 e. The second kappa shape index (κ2) is 5.67. The van der Waals surface area contributed by atoms with Crippen molar-refractivity contribution in [3.05, 3.63) is 59.1 Å². The van der Waals surface area contributed by atoms with Crippen molar-refractivity contribution in [3.8, 4) is 5.82 Å². The van der Waals surface area contributed by atoms with Crippen LogP contribution in [0.15, 0.2) is 24.3 Å². The van der Waals surface area contributed by atoms with Gasteiger partial charge in [0.15, 0.2) is 5.82 Å². The molecule has 0 saturated heterocycles. The first kappa shape index (κ1) is 16.0. The number of hydrogen-bond donors (Lipinski definition) is 1. The van der Waals surface area contributed by atoms with E-state index in [1.807, 2.05) is 26.8 Å². The lowest BCUT2D eigenvalue weighted by Crippen LogP contribution is -2.06. The Morgan fingerprint density at radius 3 is 2.63 bits per heavy atom. The van der Waals surface area contributed by atoms with Gasteiger partial charge in [-0.1, -0.05) is 0 Å². The average molecular weight is 363 g/mol. The third kappa shape index (κ3) is 2.77. The van der Waals surface area contributed by atoms with E-state index in [-0.39, 0.29) is 17.7 Å². The zero-order chi connectivity index (χ0) is 18.7. The first-order valence-corrected chi connectivity index (χ1v) is 8.89. The van der Waals surface area contributed by atoms with Gasteiger partial charge in [0.1, 0.15) is 29.1 Å². The molecule has 3 aromatic heterocycles. The van der Waals surface area contributed by atoms with E-state index in [4.69, 9.17) is 0 Å². The van der Waals surface area contributed by atoms with Crippen LogP contribution in [-0.2, 0) is 0 Å². The van der Waals surface area contributed by atoms with Gasteiger partial charge in [0.05, 0.1) is 16.7 Å². The second-order valence-electron chi connectivity index (χ2n) is 7.05. The molecular formula is C19H18FN7. The van der Waals surface area contributed by atoms with E-state index in [9.17, 15) is 4.39 Å². The Labute approximate surface area is 154 Å². The SMILES string of the molecule is Cc1nc([C@@H]2C[C@H]2c2nc3ccc(F)cc3[nH]2)cc(-n2nc(C)nc2C)n1. The highest BCUT2D eigenvalue weighted by atomic mass is 19.1. The Balaban J connectivity index is 1.48. The summed E-state index contributed by atoms with van der Waals surface area (Å²) in [5.41, 5.74) is 2.48. The van der Waals surface area contributed by atoms with Gasteiger partial charge >= 0.3 is 0 Å². The van der Waals surface area contributed by atoms with Crippen molar-refractivity contribution >= 4 is 11.0 Å². The van der Waals surface area contributed by atoms with Crippen LogP contribution < -0.4 is 0 Å². The molecule has 3 heterocycles. The Morgan fingerprint density at radius 1 is 1.00 bits per heavy atom. The van der Waals surface area contributed by atoms with Gasteiger partial charge in [0, 0.05) is 17.9 Å². The standard InChI is InChI=1S/C19H18FN7/c1-9-22-16(8-18(23-9)27-11(3)21-10(2)26-27)13-7-14(13)19-24-15-5-4-12(20)6-17(15)25-19/h4-6,8,13-14H,7H2,1-3H3,(H,24,25)/t13-,14-/m1/s1. The van der Waals surface area contributed by atoms with Gasteiger partial charge in [0.2, 0.25) is 0 Å². The maximum absolute atomic E-state index is 13.4. The molecule has 8 heteroatoms. The van der Waals surface area contributed by atoms with Crippen LogP contribution in [0.3, 0.4) is 0 Å².